The number of benzene rings is 3. The Hall–Kier alpha value is -3.86. The summed E-state index contributed by atoms with van der Waals surface area (Å²) in [6.45, 7) is 2.63. The molecule has 0 saturated carbocycles. The summed E-state index contributed by atoms with van der Waals surface area (Å²) in [5, 5.41) is 7.93. The molecular weight excluding hydrogens is 410 g/mol. The highest BCUT2D eigenvalue weighted by Gasteiger charge is 2.20. The zero-order valence-electron chi connectivity index (χ0n) is 19.1. The van der Waals surface area contributed by atoms with Gasteiger partial charge in [-0.05, 0) is 43.0 Å². The van der Waals surface area contributed by atoms with E-state index in [0.717, 1.165) is 29.7 Å². The fraction of sp³-hybridized carbons (Fsp3) is 0.214. The molecule has 0 aliphatic heterocycles. The number of carbonyl (C=O) groups is 1. The van der Waals surface area contributed by atoms with Crippen LogP contribution in [0.5, 0.6) is 5.75 Å². The normalized spacial score (nSPS) is 11.7. The first-order valence-corrected chi connectivity index (χ1v) is 11.2. The molecule has 1 N–H and O–H groups in total. The maximum absolute atomic E-state index is 13.3. The van der Waals surface area contributed by atoms with Gasteiger partial charge in [0.2, 0.25) is 0 Å². The molecule has 1 heterocycles. The predicted molar refractivity (Wildman–Crippen MR) is 131 cm³/mol. The third kappa shape index (κ3) is 5.89. The Morgan fingerprint density at radius 2 is 1.67 bits per heavy atom. The number of nitrogens with one attached hydrogen (secondary N) is 1. The fourth-order valence-corrected chi connectivity index (χ4v) is 3.82. The average molecular weight is 440 g/mol. The van der Waals surface area contributed by atoms with E-state index in [1.165, 1.54) is 5.56 Å². The SMILES string of the molecule is COc1cccc(-c2nn(Cc3ccccc3)cc2C(=O)NC(C)CCc2ccccc2)c1. The fourth-order valence-electron chi connectivity index (χ4n) is 3.82. The van der Waals surface area contributed by atoms with Crippen LogP contribution in [0.15, 0.2) is 91.1 Å². The molecular formula is C28H29N3O2. The number of carbonyl (C=O) groups excluding carboxylic acids is 1. The number of methoxy groups -OCH3 is 1. The summed E-state index contributed by atoms with van der Waals surface area (Å²) in [6, 6.07) is 28.1. The Morgan fingerprint density at radius 1 is 0.970 bits per heavy atom. The van der Waals surface area contributed by atoms with Crippen LogP contribution in [-0.2, 0) is 13.0 Å². The molecule has 5 nitrogen and oxygen atoms in total. The van der Waals surface area contributed by atoms with E-state index in [2.05, 4.69) is 29.6 Å². The lowest BCUT2D eigenvalue weighted by Crippen LogP contribution is -2.33. The third-order valence-corrected chi connectivity index (χ3v) is 5.62. The Morgan fingerprint density at radius 3 is 2.36 bits per heavy atom. The minimum absolute atomic E-state index is 0.0355. The first-order chi connectivity index (χ1) is 16.1. The summed E-state index contributed by atoms with van der Waals surface area (Å²) in [5.74, 6) is 0.611. The van der Waals surface area contributed by atoms with Gasteiger partial charge in [0.15, 0.2) is 0 Å². The van der Waals surface area contributed by atoms with Gasteiger partial charge in [0.1, 0.15) is 11.4 Å². The van der Waals surface area contributed by atoms with E-state index < -0.39 is 0 Å². The molecule has 4 aromatic rings. The van der Waals surface area contributed by atoms with Crippen molar-refractivity contribution in [3.63, 3.8) is 0 Å². The number of hydrogen-bond acceptors (Lipinski definition) is 3. The second-order valence-corrected chi connectivity index (χ2v) is 8.21. The highest BCUT2D eigenvalue weighted by molar-refractivity contribution is 6.00. The van der Waals surface area contributed by atoms with E-state index in [4.69, 9.17) is 9.84 Å². The molecule has 168 valence electrons. The molecule has 1 atom stereocenters. The van der Waals surface area contributed by atoms with Gasteiger partial charge in [-0.15, -0.1) is 0 Å². The van der Waals surface area contributed by atoms with Crippen molar-refractivity contribution < 1.29 is 9.53 Å². The molecule has 0 radical (unpaired) electrons. The Labute approximate surface area is 195 Å². The van der Waals surface area contributed by atoms with Gasteiger partial charge in [0, 0.05) is 17.8 Å². The van der Waals surface area contributed by atoms with Crippen LogP contribution in [0.3, 0.4) is 0 Å². The summed E-state index contributed by atoms with van der Waals surface area (Å²) in [4.78, 5) is 13.3. The summed E-state index contributed by atoms with van der Waals surface area (Å²) >= 11 is 0. The zero-order chi connectivity index (χ0) is 23.0. The van der Waals surface area contributed by atoms with E-state index in [-0.39, 0.29) is 11.9 Å². The summed E-state index contributed by atoms with van der Waals surface area (Å²) in [6.07, 6.45) is 3.61. The topological polar surface area (TPSA) is 56.2 Å². The molecule has 0 aliphatic carbocycles. The maximum Gasteiger partial charge on any atom is 0.255 e. The number of amides is 1. The van der Waals surface area contributed by atoms with Crippen molar-refractivity contribution in [2.24, 2.45) is 0 Å². The molecule has 0 saturated heterocycles. The quantitative estimate of drug-likeness (QED) is 0.382. The maximum atomic E-state index is 13.3. The lowest BCUT2D eigenvalue weighted by Gasteiger charge is -2.14. The molecule has 1 aromatic heterocycles. The molecule has 3 aromatic carbocycles. The van der Waals surface area contributed by atoms with Crippen molar-refractivity contribution >= 4 is 5.91 Å². The molecule has 0 aliphatic rings. The lowest BCUT2D eigenvalue weighted by molar-refractivity contribution is 0.0939. The molecule has 0 fully saturated rings. The smallest absolute Gasteiger partial charge is 0.255 e. The second-order valence-electron chi connectivity index (χ2n) is 8.21. The van der Waals surface area contributed by atoms with E-state index >= 15 is 0 Å². The van der Waals surface area contributed by atoms with Crippen molar-refractivity contribution in [1.29, 1.82) is 0 Å². The second kappa shape index (κ2) is 10.6. The van der Waals surface area contributed by atoms with Crippen LogP contribution in [0.2, 0.25) is 0 Å². The summed E-state index contributed by atoms with van der Waals surface area (Å²) in [5.41, 5.74) is 4.46. The van der Waals surface area contributed by atoms with Crippen molar-refractivity contribution in [2.75, 3.05) is 7.11 Å². The van der Waals surface area contributed by atoms with E-state index in [0.29, 0.717) is 17.8 Å². The summed E-state index contributed by atoms with van der Waals surface area (Å²) < 4.78 is 7.21. The minimum Gasteiger partial charge on any atom is -0.497 e. The largest absolute Gasteiger partial charge is 0.497 e. The van der Waals surface area contributed by atoms with E-state index in [1.807, 2.05) is 78.5 Å². The van der Waals surface area contributed by atoms with Gasteiger partial charge in [0.05, 0.1) is 19.2 Å². The van der Waals surface area contributed by atoms with Gasteiger partial charge in [0.25, 0.3) is 5.91 Å². The van der Waals surface area contributed by atoms with Gasteiger partial charge in [-0.3, -0.25) is 9.48 Å². The van der Waals surface area contributed by atoms with Crippen molar-refractivity contribution in [3.05, 3.63) is 108 Å². The molecule has 4 rings (SSSR count). The van der Waals surface area contributed by atoms with Crippen LogP contribution in [0.25, 0.3) is 11.3 Å². The van der Waals surface area contributed by atoms with Crippen molar-refractivity contribution in [1.82, 2.24) is 15.1 Å². The lowest BCUT2D eigenvalue weighted by atomic mass is 10.0. The molecule has 0 spiro atoms. The molecule has 1 amide bonds. The minimum atomic E-state index is -0.118. The van der Waals surface area contributed by atoms with Gasteiger partial charge < -0.3 is 10.1 Å². The van der Waals surface area contributed by atoms with Crippen molar-refractivity contribution in [3.8, 4) is 17.0 Å². The number of hydrogen-bond donors (Lipinski definition) is 1. The van der Waals surface area contributed by atoms with Crippen LogP contribution in [-0.4, -0.2) is 28.8 Å². The highest BCUT2D eigenvalue weighted by Crippen LogP contribution is 2.26. The zero-order valence-corrected chi connectivity index (χ0v) is 19.1. The van der Waals surface area contributed by atoms with Gasteiger partial charge in [-0.2, -0.15) is 5.10 Å². The Balaban J connectivity index is 1.55. The van der Waals surface area contributed by atoms with Crippen LogP contribution in [0.1, 0.15) is 34.8 Å². The first kappa shape index (κ1) is 22.3. The van der Waals surface area contributed by atoms with Crippen LogP contribution in [0.4, 0.5) is 0 Å². The van der Waals surface area contributed by atoms with Gasteiger partial charge >= 0.3 is 0 Å². The molecule has 33 heavy (non-hydrogen) atoms. The highest BCUT2D eigenvalue weighted by atomic mass is 16.5. The van der Waals surface area contributed by atoms with Crippen LogP contribution < -0.4 is 10.1 Å². The van der Waals surface area contributed by atoms with E-state index in [1.54, 1.807) is 7.11 Å². The number of aryl methyl sites for hydroxylation is 1. The monoisotopic (exact) mass is 439 g/mol. The Kier molecular flexibility index (Phi) is 7.20. The summed E-state index contributed by atoms with van der Waals surface area (Å²) in [7, 11) is 1.63. The standard InChI is InChI=1S/C28H29N3O2/c1-21(16-17-22-10-5-3-6-11-22)29-28(32)26-20-31(19-23-12-7-4-8-13-23)30-27(26)24-14-9-15-25(18-24)33-2/h3-15,18,20-21H,16-17,19H2,1-2H3,(H,29,32). The number of nitrogens with zero attached hydrogens (tertiary/aromatic N) is 2. The first-order valence-electron chi connectivity index (χ1n) is 11.2. The molecule has 0 bridgehead atoms. The number of rotatable bonds is 9. The molecule has 5 heteroatoms. The Bertz CT molecular complexity index is 1190. The van der Waals surface area contributed by atoms with E-state index in [9.17, 15) is 4.79 Å². The number of ether oxygens (including phenoxy) is 1. The van der Waals surface area contributed by atoms with Crippen molar-refractivity contribution in [2.45, 2.75) is 32.4 Å². The molecule has 1 unspecified atom stereocenters. The third-order valence-electron chi connectivity index (χ3n) is 5.62. The average Bonchev–Trinajstić information content (AvgIpc) is 3.28. The predicted octanol–water partition coefficient (Wildman–Crippen LogP) is 5.36. The number of aromatic nitrogens is 2. The van der Waals surface area contributed by atoms with Gasteiger partial charge in [-0.1, -0.05) is 72.8 Å². The van der Waals surface area contributed by atoms with Crippen LogP contribution >= 0.6 is 0 Å². The van der Waals surface area contributed by atoms with Crippen LogP contribution in [0, 0.1) is 0 Å². The van der Waals surface area contributed by atoms with Gasteiger partial charge in [-0.25, -0.2) is 0 Å².